The molecule has 0 aliphatic rings. The molecular weight excluding hydrogens is 325 g/mol. The van der Waals surface area contributed by atoms with Crippen molar-refractivity contribution in [3.63, 3.8) is 0 Å². The first-order chi connectivity index (χ1) is 11.9. The van der Waals surface area contributed by atoms with Crippen molar-refractivity contribution in [3.8, 4) is 0 Å². The maximum absolute atomic E-state index is 12.7. The summed E-state index contributed by atoms with van der Waals surface area (Å²) >= 11 is 0. The Morgan fingerprint density at radius 2 is 1.64 bits per heavy atom. The molecule has 1 N–H and O–H groups in total. The van der Waals surface area contributed by atoms with Crippen LogP contribution in [0.3, 0.4) is 0 Å². The highest BCUT2D eigenvalue weighted by molar-refractivity contribution is 6.07. The van der Waals surface area contributed by atoms with Gasteiger partial charge in [-0.05, 0) is 18.2 Å². The number of para-hydroxylation sites is 1. The Bertz CT molecular complexity index is 1060. The Hall–Kier alpha value is -2.82. The molecule has 0 bridgehead atoms. The van der Waals surface area contributed by atoms with Gasteiger partial charge in [0.05, 0.1) is 5.56 Å². The van der Waals surface area contributed by atoms with Crippen LogP contribution in [-0.4, -0.2) is 4.98 Å². The Morgan fingerprint density at radius 1 is 0.920 bits per heavy atom. The first kappa shape index (κ1) is 15.7. The van der Waals surface area contributed by atoms with E-state index in [4.69, 9.17) is 0 Å². The summed E-state index contributed by atoms with van der Waals surface area (Å²) < 4.78 is 40.1. The number of halogens is 3. The van der Waals surface area contributed by atoms with Crippen molar-refractivity contribution in [2.45, 2.75) is 19.6 Å². The molecule has 5 heteroatoms. The van der Waals surface area contributed by atoms with Crippen molar-refractivity contribution in [2.24, 2.45) is 0 Å². The predicted molar refractivity (Wildman–Crippen MR) is 91.3 cm³/mol. The number of benzene rings is 2. The van der Waals surface area contributed by atoms with E-state index in [-0.39, 0.29) is 0 Å². The molecule has 0 spiro atoms. The summed E-state index contributed by atoms with van der Waals surface area (Å²) in [5.41, 5.74) is 3.39. The maximum Gasteiger partial charge on any atom is 0.416 e. The second kappa shape index (κ2) is 5.62. The van der Waals surface area contributed by atoms with Gasteiger partial charge in [0.25, 0.3) is 0 Å². The molecule has 0 aliphatic heterocycles. The van der Waals surface area contributed by atoms with Crippen LogP contribution in [0.25, 0.3) is 21.8 Å². The number of pyridine rings is 1. The zero-order valence-corrected chi connectivity index (χ0v) is 13.6. The van der Waals surface area contributed by atoms with E-state index in [0.29, 0.717) is 6.54 Å². The third-order valence-electron chi connectivity index (χ3n) is 4.59. The normalized spacial score (nSPS) is 12.2. The smallest absolute Gasteiger partial charge is 0.349 e. The van der Waals surface area contributed by atoms with Gasteiger partial charge in [0, 0.05) is 34.8 Å². The molecular formula is C20H16F3N2+. The van der Waals surface area contributed by atoms with Crippen LogP contribution in [-0.2, 0) is 12.7 Å². The van der Waals surface area contributed by atoms with Crippen molar-refractivity contribution < 1.29 is 17.7 Å². The molecule has 25 heavy (non-hydrogen) atoms. The quantitative estimate of drug-likeness (QED) is 0.496. The van der Waals surface area contributed by atoms with E-state index in [9.17, 15) is 13.2 Å². The van der Waals surface area contributed by atoms with Gasteiger partial charge in [-0.25, -0.2) is 0 Å². The zero-order valence-electron chi connectivity index (χ0n) is 13.6. The zero-order chi connectivity index (χ0) is 17.6. The third-order valence-corrected chi connectivity index (χ3v) is 4.59. The number of nitrogens with one attached hydrogen (secondary N) is 1. The molecule has 0 radical (unpaired) electrons. The van der Waals surface area contributed by atoms with E-state index in [2.05, 4.69) is 11.1 Å². The molecule has 4 rings (SSSR count). The number of aryl methyl sites for hydroxylation is 1. The molecule has 0 amide bonds. The van der Waals surface area contributed by atoms with Gasteiger partial charge in [-0.3, -0.25) is 0 Å². The van der Waals surface area contributed by atoms with Gasteiger partial charge in [-0.2, -0.15) is 17.7 Å². The molecule has 2 nitrogen and oxygen atoms in total. The minimum Gasteiger partial charge on any atom is -0.349 e. The summed E-state index contributed by atoms with van der Waals surface area (Å²) in [7, 11) is 0. The van der Waals surface area contributed by atoms with Crippen molar-refractivity contribution in [3.05, 3.63) is 77.6 Å². The number of H-pyrrole nitrogens is 1. The number of aromatic nitrogens is 2. The number of fused-ring (bicyclic) bond motifs is 3. The second-order valence-electron chi connectivity index (χ2n) is 6.18. The average molecular weight is 341 g/mol. The fraction of sp³-hybridized carbons (Fsp3) is 0.150. The van der Waals surface area contributed by atoms with Crippen molar-refractivity contribution >= 4 is 21.8 Å². The van der Waals surface area contributed by atoms with Gasteiger partial charge in [0.2, 0.25) is 5.69 Å². The Morgan fingerprint density at radius 3 is 2.36 bits per heavy atom. The lowest BCUT2D eigenvalue weighted by Crippen LogP contribution is -2.37. The van der Waals surface area contributed by atoms with Crippen LogP contribution in [0, 0.1) is 6.92 Å². The molecule has 2 aromatic heterocycles. The lowest BCUT2D eigenvalue weighted by atomic mass is 10.1. The molecule has 2 aromatic carbocycles. The van der Waals surface area contributed by atoms with E-state index < -0.39 is 11.7 Å². The molecule has 0 fully saturated rings. The number of rotatable bonds is 2. The van der Waals surface area contributed by atoms with Crippen molar-refractivity contribution in [2.75, 3.05) is 0 Å². The standard InChI is InChI=1S/C20H15F3N2/c1-13-19-17(16-4-2-3-5-18(16)24-19)10-11-25(13)12-14-6-8-15(9-7-14)20(21,22)23/h2-11H,12H2,1H3/p+1. The van der Waals surface area contributed by atoms with Crippen LogP contribution >= 0.6 is 0 Å². The lowest BCUT2D eigenvalue weighted by Gasteiger charge is -2.07. The number of alkyl halides is 3. The number of hydrogen-bond acceptors (Lipinski definition) is 0. The molecule has 0 saturated carbocycles. The average Bonchev–Trinajstić information content (AvgIpc) is 2.97. The molecule has 0 unspecified atom stereocenters. The van der Waals surface area contributed by atoms with Crippen LogP contribution in [0.5, 0.6) is 0 Å². The number of aromatic amines is 1. The first-order valence-electron chi connectivity index (χ1n) is 7.99. The fourth-order valence-corrected chi connectivity index (χ4v) is 3.21. The summed E-state index contributed by atoms with van der Waals surface area (Å²) in [5, 5.41) is 2.32. The van der Waals surface area contributed by atoms with Gasteiger partial charge in [-0.1, -0.05) is 30.3 Å². The van der Waals surface area contributed by atoms with Crippen LogP contribution in [0.1, 0.15) is 16.8 Å². The van der Waals surface area contributed by atoms with E-state index in [1.165, 1.54) is 17.5 Å². The summed E-state index contributed by atoms with van der Waals surface area (Å²) in [4.78, 5) is 3.43. The maximum atomic E-state index is 12.7. The SMILES string of the molecule is Cc1c2[nH]c3ccccc3c2cc[n+]1Cc1ccc(C(F)(F)F)cc1. The molecule has 4 aromatic rings. The molecule has 2 heterocycles. The summed E-state index contributed by atoms with van der Waals surface area (Å²) in [6.07, 6.45) is -2.32. The summed E-state index contributed by atoms with van der Waals surface area (Å²) in [6.45, 7) is 2.54. The topological polar surface area (TPSA) is 19.7 Å². The highest BCUT2D eigenvalue weighted by atomic mass is 19.4. The Labute approximate surface area is 142 Å². The van der Waals surface area contributed by atoms with Crippen molar-refractivity contribution in [1.82, 2.24) is 4.98 Å². The third kappa shape index (κ3) is 2.76. The van der Waals surface area contributed by atoms with Crippen molar-refractivity contribution in [1.29, 1.82) is 0 Å². The minimum absolute atomic E-state index is 0.523. The summed E-state index contributed by atoms with van der Waals surface area (Å²) in [6, 6.07) is 15.5. The first-order valence-corrected chi connectivity index (χ1v) is 7.99. The van der Waals surface area contributed by atoms with Gasteiger partial charge in [0.1, 0.15) is 5.52 Å². The van der Waals surface area contributed by atoms with Gasteiger partial charge >= 0.3 is 6.18 Å². The predicted octanol–water partition coefficient (Wildman–Crippen LogP) is 4.98. The minimum atomic E-state index is -4.30. The van der Waals surface area contributed by atoms with E-state index >= 15 is 0 Å². The molecule has 0 aliphatic carbocycles. The number of nitrogens with zero attached hydrogens (tertiary/aromatic N) is 1. The van der Waals surface area contributed by atoms with Gasteiger partial charge in [-0.15, -0.1) is 0 Å². The Kier molecular flexibility index (Phi) is 3.53. The van der Waals surface area contributed by atoms with Crippen LogP contribution in [0.15, 0.2) is 60.8 Å². The number of hydrogen-bond donors (Lipinski definition) is 1. The lowest BCUT2D eigenvalue weighted by molar-refractivity contribution is -0.693. The Balaban J connectivity index is 1.72. The molecule has 0 atom stereocenters. The van der Waals surface area contributed by atoms with Crippen LogP contribution < -0.4 is 4.57 Å². The highest BCUT2D eigenvalue weighted by Crippen LogP contribution is 2.29. The van der Waals surface area contributed by atoms with Crippen LogP contribution in [0.4, 0.5) is 13.2 Å². The van der Waals surface area contributed by atoms with E-state index in [0.717, 1.165) is 39.8 Å². The van der Waals surface area contributed by atoms with Gasteiger partial charge in [0.15, 0.2) is 12.7 Å². The van der Waals surface area contributed by atoms with E-state index in [1.807, 2.05) is 42.0 Å². The largest absolute Gasteiger partial charge is 0.416 e. The molecule has 0 saturated heterocycles. The summed E-state index contributed by atoms with van der Waals surface area (Å²) in [5.74, 6) is 0. The van der Waals surface area contributed by atoms with E-state index in [1.54, 1.807) is 0 Å². The fourth-order valence-electron chi connectivity index (χ4n) is 3.21. The monoisotopic (exact) mass is 341 g/mol. The highest BCUT2D eigenvalue weighted by Gasteiger charge is 2.30. The molecule has 126 valence electrons. The second-order valence-corrected chi connectivity index (χ2v) is 6.18. The van der Waals surface area contributed by atoms with Gasteiger partial charge < -0.3 is 4.98 Å². The van der Waals surface area contributed by atoms with Crippen LogP contribution in [0.2, 0.25) is 0 Å².